The standard InChI is InChI=1S/C15H20FNO2/c16-13-3-1-2-11(10-13)8-9-17-15(19)12-4-6-14(18)7-5-12/h1-3,10,12,14,18H,4-9H2,(H,17,19). The zero-order valence-electron chi connectivity index (χ0n) is 10.9. The minimum Gasteiger partial charge on any atom is -0.393 e. The number of carbonyl (C=O) groups is 1. The number of carbonyl (C=O) groups excluding carboxylic acids is 1. The number of benzene rings is 1. The smallest absolute Gasteiger partial charge is 0.223 e. The average molecular weight is 265 g/mol. The number of amides is 1. The van der Waals surface area contributed by atoms with Crippen molar-refractivity contribution in [1.29, 1.82) is 0 Å². The van der Waals surface area contributed by atoms with E-state index < -0.39 is 0 Å². The summed E-state index contributed by atoms with van der Waals surface area (Å²) in [4.78, 5) is 11.9. The van der Waals surface area contributed by atoms with Crippen molar-refractivity contribution in [2.45, 2.75) is 38.2 Å². The van der Waals surface area contributed by atoms with E-state index in [0.29, 0.717) is 25.8 Å². The molecule has 1 amide bonds. The highest BCUT2D eigenvalue weighted by Crippen LogP contribution is 2.24. The lowest BCUT2D eigenvalue weighted by molar-refractivity contribution is -0.126. The summed E-state index contributed by atoms with van der Waals surface area (Å²) in [5, 5.41) is 12.3. The highest BCUT2D eigenvalue weighted by atomic mass is 19.1. The van der Waals surface area contributed by atoms with Crippen LogP contribution in [0.2, 0.25) is 0 Å². The van der Waals surface area contributed by atoms with Crippen molar-refractivity contribution in [3.8, 4) is 0 Å². The summed E-state index contributed by atoms with van der Waals surface area (Å²) in [5.41, 5.74) is 0.888. The number of aliphatic hydroxyl groups is 1. The lowest BCUT2D eigenvalue weighted by Crippen LogP contribution is -2.35. The second kappa shape index (κ2) is 6.66. The van der Waals surface area contributed by atoms with E-state index in [1.54, 1.807) is 6.07 Å². The van der Waals surface area contributed by atoms with Gasteiger partial charge in [-0.05, 0) is 49.8 Å². The molecule has 3 nitrogen and oxygen atoms in total. The van der Waals surface area contributed by atoms with Crippen LogP contribution in [0.4, 0.5) is 4.39 Å². The van der Waals surface area contributed by atoms with Crippen molar-refractivity contribution in [2.24, 2.45) is 5.92 Å². The minimum absolute atomic E-state index is 0.0240. The molecule has 2 N–H and O–H groups in total. The van der Waals surface area contributed by atoms with Gasteiger partial charge in [0, 0.05) is 12.5 Å². The summed E-state index contributed by atoms with van der Waals surface area (Å²) in [6.07, 6.45) is 3.33. The Hall–Kier alpha value is -1.42. The first-order chi connectivity index (χ1) is 9.15. The Kier molecular flexibility index (Phi) is 4.91. The third-order valence-corrected chi connectivity index (χ3v) is 3.67. The molecule has 0 atom stereocenters. The summed E-state index contributed by atoms with van der Waals surface area (Å²) >= 11 is 0. The SMILES string of the molecule is O=C(NCCc1cccc(F)c1)C1CCC(O)CC1. The van der Waals surface area contributed by atoms with Crippen LogP contribution in [-0.2, 0) is 11.2 Å². The molecule has 0 aliphatic heterocycles. The molecule has 1 aliphatic carbocycles. The van der Waals surface area contributed by atoms with Gasteiger partial charge in [-0.25, -0.2) is 4.39 Å². The van der Waals surface area contributed by atoms with Gasteiger partial charge in [-0.3, -0.25) is 4.79 Å². The molecule has 2 rings (SSSR count). The topological polar surface area (TPSA) is 49.3 Å². The molecule has 0 aromatic heterocycles. The van der Waals surface area contributed by atoms with Gasteiger partial charge in [0.1, 0.15) is 5.82 Å². The molecule has 0 unspecified atom stereocenters. The van der Waals surface area contributed by atoms with Gasteiger partial charge >= 0.3 is 0 Å². The van der Waals surface area contributed by atoms with Crippen molar-refractivity contribution in [2.75, 3.05) is 6.54 Å². The Morgan fingerprint density at radius 1 is 1.32 bits per heavy atom. The van der Waals surface area contributed by atoms with Crippen LogP contribution >= 0.6 is 0 Å². The Balaban J connectivity index is 1.72. The molecule has 1 aromatic rings. The Morgan fingerprint density at radius 3 is 2.74 bits per heavy atom. The van der Waals surface area contributed by atoms with E-state index in [0.717, 1.165) is 18.4 Å². The van der Waals surface area contributed by atoms with Gasteiger partial charge in [0.15, 0.2) is 0 Å². The van der Waals surface area contributed by atoms with Crippen LogP contribution in [0.5, 0.6) is 0 Å². The van der Waals surface area contributed by atoms with E-state index in [9.17, 15) is 14.3 Å². The van der Waals surface area contributed by atoms with Crippen LogP contribution in [0.15, 0.2) is 24.3 Å². The maximum Gasteiger partial charge on any atom is 0.223 e. The van der Waals surface area contributed by atoms with Gasteiger partial charge in [0.25, 0.3) is 0 Å². The second-order valence-corrected chi connectivity index (χ2v) is 5.18. The lowest BCUT2D eigenvalue weighted by atomic mass is 9.87. The van der Waals surface area contributed by atoms with Gasteiger partial charge in [0.2, 0.25) is 5.91 Å². The average Bonchev–Trinajstić information content (AvgIpc) is 2.39. The first-order valence-electron chi connectivity index (χ1n) is 6.85. The van der Waals surface area contributed by atoms with E-state index >= 15 is 0 Å². The van der Waals surface area contributed by atoms with Gasteiger partial charge in [-0.1, -0.05) is 12.1 Å². The summed E-state index contributed by atoms with van der Waals surface area (Å²) in [7, 11) is 0. The molecule has 104 valence electrons. The van der Waals surface area contributed by atoms with Crippen LogP contribution in [0, 0.1) is 11.7 Å². The van der Waals surface area contributed by atoms with Crippen molar-refractivity contribution in [3.05, 3.63) is 35.6 Å². The number of rotatable bonds is 4. The maximum absolute atomic E-state index is 13.0. The largest absolute Gasteiger partial charge is 0.393 e. The molecule has 0 spiro atoms. The highest BCUT2D eigenvalue weighted by molar-refractivity contribution is 5.78. The normalized spacial score (nSPS) is 23.1. The van der Waals surface area contributed by atoms with Crippen LogP contribution in [0.3, 0.4) is 0 Å². The summed E-state index contributed by atoms with van der Waals surface area (Å²) in [6.45, 7) is 0.529. The van der Waals surface area contributed by atoms with E-state index in [2.05, 4.69) is 5.32 Å². The van der Waals surface area contributed by atoms with Gasteiger partial charge in [-0.15, -0.1) is 0 Å². The molecular weight excluding hydrogens is 245 g/mol. The second-order valence-electron chi connectivity index (χ2n) is 5.18. The fourth-order valence-electron chi connectivity index (χ4n) is 2.50. The van der Waals surface area contributed by atoms with Crippen LogP contribution in [0.1, 0.15) is 31.2 Å². The zero-order valence-corrected chi connectivity index (χ0v) is 10.9. The van der Waals surface area contributed by atoms with Crippen molar-refractivity contribution >= 4 is 5.91 Å². The predicted octanol–water partition coefficient (Wildman–Crippen LogP) is 2.04. The molecule has 0 bridgehead atoms. The predicted molar refractivity (Wildman–Crippen MR) is 71.1 cm³/mol. The quantitative estimate of drug-likeness (QED) is 0.875. The first kappa shape index (κ1) is 14.0. The van der Waals surface area contributed by atoms with Gasteiger partial charge in [-0.2, -0.15) is 0 Å². The fourth-order valence-corrected chi connectivity index (χ4v) is 2.50. The maximum atomic E-state index is 13.0. The molecule has 1 aromatic carbocycles. The summed E-state index contributed by atoms with van der Waals surface area (Å²) < 4.78 is 13.0. The lowest BCUT2D eigenvalue weighted by Gasteiger charge is -2.24. The number of hydrogen-bond donors (Lipinski definition) is 2. The number of nitrogens with one attached hydrogen (secondary N) is 1. The van der Waals surface area contributed by atoms with Crippen LogP contribution in [0.25, 0.3) is 0 Å². The Bertz CT molecular complexity index is 428. The molecule has 0 radical (unpaired) electrons. The molecule has 1 aliphatic rings. The van der Waals surface area contributed by atoms with E-state index in [4.69, 9.17) is 0 Å². The van der Waals surface area contributed by atoms with Crippen LogP contribution in [-0.4, -0.2) is 23.7 Å². The molecule has 0 saturated heterocycles. The van der Waals surface area contributed by atoms with E-state index in [1.807, 2.05) is 6.07 Å². The fraction of sp³-hybridized carbons (Fsp3) is 0.533. The third kappa shape index (κ3) is 4.31. The Morgan fingerprint density at radius 2 is 2.05 bits per heavy atom. The summed E-state index contributed by atoms with van der Waals surface area (Å²) in [6, 6.07) is 6.43. The van der Waals surface area contributed by atoms with Crippen molar-refractivity contribution < 1.29 is 14.3 Å². The van der Waals surface area contributed by atoms with Crippen LogP contribution < -0.4 is 5.32 Å². The molecule has 19 heavy (non-hydrogen) atoms. The molecular formula is C15H20FNO2. The minimum atomic E-state index is -0.245. The monoisotopic (exact) mass is 265 g/mol. The molecule has 1 saturated carbocycles. The molecule has 1 fully saturated rings. The van der Waals surface area contributed by atoms with Gasteiger partial charge in [0.05, 0.1) is 6.10 Å². The molecule has 0 heterocycles. The first-order valence-corrected chi connectivity index (χ1v) is 6.85. The highest BCUT2D eigenvalue weighted by Gasteiger charge is 2.24. The number of hydrogen-bond acceptors (Lipinski definition) is 2. The number of halogens is 1. The summed E-state index contributed by atoms with van der Waals surface area (Å²) in [5.74, 6) is -0.163. The molecule has 4 heteroatoms. The third-order valence-electron chi connectivity index (χ3n) is 3.67. The number of aliphatic hydroxyl groups excluding tert-OH is 1. The van der Waals surface area contributed by atoms with Crippen molar-refractivity contribution in [3.63, 3.8) is 0 Å². The Labute approximate surface area is 112 Å². The van der Waals surface area contributed by atoms with Crippen molar-refractivity contribution in [1.82, 2.24) is 5.32 Å². The van der Waals surface area contributed by atoms with Gasteiger partial charge < -0.3 is 10.4 Å². The van der Waals surface area contributed by atoms with E-state index in [-0.39, 0.29) is 23.7 Å². The zero-order chi connectivity index (χ0) is 13.7. The van der Waals surface area contributed by atoms with E-state index in [1.165, 1.54) is 12.1 Å².